The van der Waals surface area contributed by atoms with E-state index in [1.54, 1.807) is 8.90 Å². The summed E-state index contributed by atoms with van der Waals surface area (Å²) in [6, 6.07) is 0. The summed E-state index contributed by atoms with van der Waals surface area (Å²) in [6.45, 7) is 4.46. The predicted molar refractivity (Wildman–Crippen MR) is 51.9 cm³/mol. The van der Waals surface area contributed by atoms with Gasteiger partial charge in [-0.15, -0.1) is 0 Å². The summed E-state index contributed by atoms with van der Waals surface area (Å²) in [5, 5.41) is 0. The van der Waals surface area contributed by atoms with Gasteiger partial charge in [-0.25, -0.2) is 0 Å². The third kappa shape index (κ3) is 3.18. The Morgan fingerprint density at radius 3 is 2.13 bits per heavy atom. The van der Waals surface area contributed by atoms with Crippen LogP contribution in [0.2, 0.25) is 0 Å². The maximum atomic E-state index is 2.39. The Morgan fingerprint density at radius 1 is 1.07 bits per heavy atom. The Kier molecular flexibility index (Phi) is 6.39. The zero-order valence-electron chi connectivity index (χ0n) is 8.90. The molecule has 0 aromatic rings. The maximum absolute atomic E-state index is 2.39. The van der Waals surface area contributed by atoms with E-state index in [0.29, 0.717) is 0 Å². The molecular weight excluding hydrogens is 394 g/mol. The molecule has 0 amide bonds. The van der Waals surface area contributed by atoms with Crippen LogP contribution >= 0.6 is 0 Å². The fourth-order valence-corrected chi connectivity index (χ4v) is 2.79. The molecular formula is C12H13Cl2Hf. The van der Waals surface area contributed by atoms with Crippen molar-refractivity contribution in [2.45, 2.75) is 26.7 Å². The fourth-order valence-electron chi connectivity index (χ4n) is 1.87. The van der Waals surface area contributed by atoms with Crippen molar-refractivity contribution in [1.82, 2.24) is 0 Å². The van der Waals surface area contributed by atoms with Gasteiger partial charge >= 0.3 is 94.9 Å². The van der Waals surface area contributed by atoms with Gasteiger partial charge in [0.25, 0.3) is 0 Å². The van der Waals surface area contributed by atoms with Crippen molar-refractivity contribution in [3.05, 3.63) is 43.9 Å². The van der Waals surface area contributed by atoms with Gasteiger partial charge < -0.3 is 24.8 Å². The number of rotatable bonds is 1. The first kappa shape index (κ1) is 15.4. The molecule has 3 heteroatoms. The molecule has 0 heterocycles. The number of halogens is 2. The maximum Gasteiger partial charge on any atom is -1.00 e. The molecule has 0 atom stereocenters. The fraction of sp³-hybridized carbons (Fsp3) is 0.333. The molecule has 0 nitrogen and oxygen atoms in total. The number of hydrogen-bond acceptors (Lipinski definition) is 0. The second-order valence-electron chi connectivity index (χ2n) is 3.73. The minimum absolute atomic E-state index is 0. The monoisotopic (exact) mass is 407 g/mol. The first-order valence-corrected chi connectivity index (χ1v) is 6.47. The molecule has 0 unspecified atom stereocenters. The average Bonchev–Trinajstić information content (AvgIpc) is 2.62. The molecule has 2 aliphatic rings. The van der Waals surface area contributed by atoms with Gasteiger partial charge in [0.05, 0.1) is 0 Å². The van der Waals surface area contributed by atoms with Crippen molar-refractivity contribution in [3.8, 4) is 0 Å². The van der Waals surface area contributed by atoms with E-state index in [1.165, 1.54) is 47.5 Å². The van der Waals surface area contributed by atoms with E-state index in [9.17, 15) is 0 Å². The van der Waals surface area contributed by atoms with E-state index in [1.807, 2.05) is 0 Å². The van der Waals surface area contributed by atoms with Gasteiger partial charge in [-0.2, -0.15) is 0 Å². The van der Waals surface area contributed by atoms with E-state index in [0.717, 1.165) is 6.42 Å². The third-order valence-corrected chi connectivity index (χ3v) is 4.13. The van der Waals surface area contributed by atoms with Crippen LogP contribution in [0, 0.1) is 0 Å². The first-order chi connectivity index (χ1) is 6.18. The largest absolute Gasteiger partial charge is 1.00 e. The van der Waals surface area contributed by atoms with E-state index in [2.05, 4.69) is 32.1 Å². The van der Waals surface area contributed by atoms with Gasteiger partial charge in [0.2, 0.25) is 0 Å². The zero-order valence-corrected chi connectivity index (χ0v) is 14.0. The molecule has 0 fully saturated rings. The predicted octanol–water partition coefficient (Wildman–Crippen LogP) is -2.58. The molecule has 0 aromatic heterocycles. The Labute approximate surface area is 119 Å². The normalized spacial score (nSPS) is 19.1. The van der Waals surface area contributed by atoms with Crippen LogP contribution in [0.25, 0.3) is 0 Å². The van der Waals surface area contributed by atoms with Crippen molar-refractivity contribution >= 4 is 0 Å². The van der Waals surface area contributed by atoms with E-state index in [4.69, 9.17) is 0 Å². The summed E-state index contributed by atoms with van der Waals surface area (Å²) in [7, 11) is 0. The summed E-state index contributed by atoms with van der Waals surface area (Å²) >= 11 is 1.22. The van der Waals surface area contributed by atoms with E-state index in [-0.39, 0.29) is 24.8 Å². The molecule has 15 heavy (non-hydrogen) atoms. The van der Waals surface area contributed by atoms with Crippen molar-refractivity contribution in [2.24, 2.45) is 0 Å². The van der Waals surface area contributed by atoms with Crippen molar-refractivity contribution < 1.29 is 49.2 Å². The van der Waals surface area contributed by atoms with Crippen molar-refractivity contribution in [3.63, 3.8) is 0 Å². The summed E-state index contributed by atoms with van der Waals surface area (Å²) in [5.41, 5.74) is 6.02. The molecule has 0 spiro atoms. The van der Waals surface area contributed by atoms with Crippen LogP contribution in [0.5, 0.6) is 0 Å². The average molecular weight is 407 g/mol. The minimum atomic E-state index is 0. The molecule has 0 radical (unpaired) electrons. The molecule has 0 aliphatic heterocycles. The smallest absolute Gasteiger partial charge is 1.00 e. The van der Waals surface area contributed by atoms with Crippen LogP contribution in [0.3, 0.4) is 0 Å². The molecule has 0 bridgehead atoms. The summed E-state index contributed by atoms with van der Waals surface area (Å²) < 4.78 is 1.62. The zero-order chi connectivity index (χ0) is 9.42. The minimum Gasteiger partial charge on any atom is -1.00 e. The van der Waals surface area contributed by atoms with Crippen LogP contribution < -0.4 is 24.8 Å². The first-order valence-electron chi connectivity index (χ1n) is 4.68. The number of allylic oxidation sites excluding steroid dienone is 8. The van der Waals surface area contributed by atoms with Crippen LogP contribution in [0.1, 0.15) is 26.7 Å². The molecule has 2 aliphatic carbocycles. The van der Waals surface area contributed by atoms with Gasteiger partial charge in [-0.3, -0.25) is 0 Å². The Hall–Kier alpha value is 0.410. The number of hydrogen-bond donors (Lipinski definition) is 0. The van der Waals surface area contributed by atoms with Crippen LogP contribution in [-0.2, 0) is 24.4 Å². The van der Waals surface area contributed by atoms with Crippen LogP contribution in [0.4, 0.5) is 0 Å². The Morgan fingerprint density at radius 2 is 1.73 bits per heavy atom. The second-order valence-corrected chi connectivity index (χ2v) is 6.04. The standard InChI is InChI=1S/C12H13.2ClH.Hf/c1-9-7-8-12(10(9)2)11-5-3-4-6-11;;;/h5-7H,3,8H2,1-2H3;2*1H;/q;;;+2/p-2. The topological polar surface area (TPSA) is 0 Å². The van der Waals surface area contributed by atoms with Gasteiger partial charge in [-0.05, 0) is 0 Å². The van der Waals surface area contributed by atoms with Crippen molar-refractivity contribution in [1.29, 1.82) is 0 Å². The van der Waals surface area contributed by atoms with Crippen molar-refractivity contribution in [2.75, 3.05) is 0 Å². The van der Waals surface area contributed by atoms with Gasteiger partial charge in [0.1, 0.15) is 0 Å². The van der Waals surface area contributed by atoms with Gasteiger partial charge in [0, 0.05) is 0 Å². The van der Waals surface area contributed by atoms with E-state index >= 15 is 0 Å². The third-order valence-electron chi connectivity index (χ3n) is 2.88. The molecule has 0 saturated heterocycles. The molecule has 2 rings (SSSR count). The van der Waals surface area contributed by atoms with Gasteiger partial charge in [0.15, 0.2) is 0 Å². The van der Waals surface area contributed by atoms with Gasteiger partial charge in [-0.1, -0.05) is 0 Å². The Bertz CT molecular complexity index is 373. The second kappa shape index (κ2) is 6.22. The molecule has 0 N–H and O–H groups in total. The molecule has 0 aromatic carbocycles. The summed E-state index contributed by atoms with van der Waals surface area (Å²) in [4.78, 5) is 0. The summed E-state index contributed by atoms with van der Waals surface area (Å²) in [6.07, 6.45) is 9.46. The quantitative estimate of drug-likeness (QED) is 0.420. The molecule has 79 valence electrons. The van der Waals surface area contributed by atoms with Crippen LogP contribution in [0.15, 0.2) is 43.9 Å². The van der Waals surface area contributed by atoms with E-state index < -0.39 is 0 Å². The van der Waals surface area contributed by atoms with Crippen LogP contribution in [-0.4, -0.2) is 0 Å². The Balaban J connectivity index is 0.000000980. The summed E-state index contributed by atoms with van der Waals surface area (Å²) in [5.74, 6) is 0. The molecule has 0 saturated carbocycles. The SMILES string of the molecule is CC1=CCC(C2=CC[C]([Hf+2])=C2)=C1C.[Cl-].[Cl-].